The molecule has 3 N–H and O–H groups in total. The van der Waals surface area contributed by atoms with Crippen molar-refractivity contribution in [1.82, 2.24) is 0 Å². The van der Waals surface area contributed by atoms with Gasteiger partial charge in [-0.1, -0.05) is 51.1 Å². The molecule has 0 amide bonds. The summed E-state index contributed by atoms with van der Waals surface area (Å²) in [5.41, 5.74) is 6.89. The van der Waals surface area contributed by atoms with Crippen LogP contribution in [0.5, 0.6) is 0 Å². The number of nitrogens with one attached hydrogen (secondary N) is 1. The predicted molar refractivity (Wildman–Crippen MR) is 82.2 cm³/mol. The molecule has 0 bridgehead atoms. The molecule has 0 fully saturated rings. The van der Waals surface area contributed by atoms with E-state index in [4.69, 9.17) is 17.3 Å². The first kappa shape index (κ1) is 16.1. The van der Waals surface area contributed by atoms with Crippen molar-refractivity contribution >= 4 is 23.0 Å². The zero-order chi connectivity index (χ0) is 14.3. The van der Waals surface area contributed by atoms with Crippen molar-refractivity contribution in [1.29, 1.82) is 0 Å². The van der Waals surface area contributed by atoms with Crippen LogP contribution in [0.4, 0.5) is 15.8 Å². The Balaban J connectivity index is 2.21. The van der Waals surface area contributed by atoms with Gasteiger partial charge >= 0.3 is 0 Å². The SMILES string of the molecule is CC(C)CCCCCCNc1cc(F)c(Cl)cc1N. The van der Waals surface area contributed by atoms with Gasteiger partial charge in [0.25, 0.3) is 0 Å². The molecule has 1 aromatic carbocycles. The summed E-state index contributed by atoms with van der Waals surface area (Å²) in [6.07, 6.45) is 6.10. The van der Waals surface area contributed by atoms with Crippen LogP contribution in [0.25, 0.3) is 0 Å². The van der Waals surface area contributed by atoms with Gasteiger partial charge in [0.05, 0.1) is 16.4 Å². The van der Waals surface area contributed by atoms with Gasteiger partial charge in [-0.05, 0) is 18.4 Å². The van der Waals surface area contributed by atoms with Crippen LogP contribution in [0.3, 0.4) is 0 Å². The third-order valence-electron chi connectivity index (χ3n) is 3.12. The van der Waals surface area contributed by atoms with E-state index in [1.165, 1.54) is 37.8 Å². The molecule has 0 heterocycles. The van der Waals surface area contributed by atoms with Crippen LogP contribution in [0.15, 0.2) is 12.1 Å². The van der Waals surface area contributed by atoms with Gasteiger partial charge in [-0.15, -0.1) is 0 Å². The molecule has 0 atom stereocenters. The molecule has 1 aromatic rings. The van der Waals surface area contributed by atoms with Crippen LogP contribution in [0.2, 0.25) is 5.02 Å². The third-order valence-corrected chi connectivity index (χ3v) is 3.41. The van der Waals surface area contributed by atoms with E-state index in [1.807, 2.05) is 0 Å². The Morgan fingerprint density at radius 3 is 2.58 bits per heavy atom. The zero-order valence-electron chi connectivity index (χ0n) is 11.8. The molecule has 0 saturated heterocycles. The molecule has 0 saturated carbocycles. The van der Waals surface area contributed by atoms with E-state index in [9.17, 15) is 4.39 Å². The molecule has 0 radical (unpaired) electrons. The van der Waals surface area contributed by atoms with E-state index < -0.39 is 5.82 Å². The molecule has 4 heteroatoms. The van der Waals surface area contributed by atoms with Gasteiger partial charge in [-0.2, -0.15) is 0 Å². The van der Waals surface area contributed by atoms with Crippen molar-refractivity contribution < 1.29 is 4.39 Å². The van der Waals surface area contributed by atoms with E-state index >= 15 is 0 Å². The number of rotatable bonds is 8. The molecule has 0 aliphatic carbocycles. The average Bonchev–Trinajstić information content (AvgIpc) is 2.33. The molecule has 0 aromatic heterocycles. The maximum atomic E-state index is 13.3. The summed E-state index contributed by atoms with van der Waals surface area (Å²) >= 11 is 5.65. The summed E-state index contributed by atoms with van der Waals surface area (Å²) in [6.45, 7) is 5.31. The summed E-state index contributed by atoms with van der Waals surface area (Å²) in [4.78, 5) is 0. The number of unbranched alkanes of at least 4 members (excludes halogenated alkanes) is 3. The highest BCUT2D eigenvalue weighted by atomic mass is 35.5. The van der Waals surface area contributed by atoms with E-state index in [0.717, 1.165) is 18.9 Å². The Kier molecular flexibility index (Phi) is 7.00. The number of nitrogens with two attached hydrogens (primary N) is 1. The van der Waals surface area contributed by atoms with E-state index in [1.54, 1.807) is 0 Å². The van der Waals surface area contributed by atoms with Crippen LogP contribution in [-0.2, 0) is 0 Å². The van der Waals surface area contributed by atoms with Crippen LogP contribution < -0.4 is 11.1 Å². The molecule has 108 valence electrons. The van der Waals surface area contributed by atoms with Gasteiger partial charge in [0.2, 0.25) is 0 Å². The first-order chi connectivity index (χ1) is 9.00. The Hall–Kier alpha value is -0.960. The monoisotopic (exact) mass is 286 g/mol. The average molecular weight is 287 g/mol. The predicted octanol–water partition coefficient (Wildman–Crippen LogP) is 5.08. The molecule has 0 aliphatic rings. The van der Waals surface area contributed by atoms with E-state index in [2.05, 4.69) is 19.2 Å². The maximum Gasteiger partial charge on any atom is 0.143 e. The second kappa shape index (κ2) is 8.26. The first-order valence-electron chi connectivity index (χ1n) is 6.99. The second-order valence-corrected chi connectivity index (χ2v) is 5.78. The highest BCUT2D eigenvalue weighted by Crippen LogP contribution is 2.26. The number of hydrogen-bond donors (Lipinski definition) is 2. The molecular weight excluding hydrogens is 263 g/mol. The van der Waals surface area contributed by atoms with Crippen molar-refractivity contribution in [2.45, 2.75) is 46.0 Å². The summed E-state index contributed by atoms with van der Waals surface area (Å²) < 4.78 is 13.3. The molecule has 2 nitrogen and oxygen atoms in total. The molecule has 19 heavy (non-hydrogen) atoms. The Morgan fingerprint density at radius 1 is 1.21 bits per heavy atom. The van der Waals surface area contributed by atoms with Crippen molar-refractivity contribution in [2.75, 3.05) is 17.6 Å². The molecular formula is C15H24ClFN2. The first-order valence-corrected chi connectivity index (χ1v) is 7.37. The highest BCUT2D eigenvalue weighted by Gasteiger charge is 2.05. The lowest BCUT2D eigenvalue weighted by Gasteiger charge is -2.10. The van der Waals surface area contributed by atoms with Crippen molar-refractivity contribution in [3.8, 4) is 0 Å². The molecule has 0 spiro atoms. The van der Waals surface area contributed by atoms with Gasteiger partial charge in [0.15, 0.2) is 0 Å². The largest absolute Gasteiger partial charge is 0.397 e. The normalized spacial score (nSPS) is 11.0. The third kappa shape index (κ3) is 6.15. The summed E-state index contributed by atoms with van der Waals surface area (Å²) in [5, 5.41) is 3.22. The van der Waals surface area contributed by atoms with Gasteiger partial charge in [-0.3, -0.25) is 0 Å². The van der Waals surface area contributed by atoms with Crippen molar-refractivity contribution in [2.24, 2.45) is 5.92 Å². The van der Waals surface area contributed by atoms with Gasteiger partial charge in [0, 0.05) is 12.6 Å². The second-order valence-electron chi connectivity index (χ2n) is 5.38. The minimum absolute atomic E-state index is 0.0664. The van der Waals surface area contributed by atoms with Crippen LogP contribution in [0, 0.1) is 11.7 Å². The number of halogens is 2. The number of nitrogen functional groups attached to an aromatic ring is 1. The van der Waals surface area contributed by atoms with Crippen LogP contribution in [-0.4, -0.2) is 6.54 Å². The minimum Gasteiger partial charge on any atom is -0.397 e. The van der Waals surface area contributed by atoms with Gasteiger partial charge in [0.1, 0.15) is 5.82 Å². The Bertz CT molecular complexity index is 394. The molecule has 0 unspecified atom stereocenters. The van der Waals surface area contributed by atoms with Gasteiger partial charge in [-0.25, -0.2) is 4.39 Å². The lowest BCUT2D eigenvalue weighted by molar-refractivity contribution is 0.523. The smallest absolute Gasteiger partial charge is 0.143 e. The van der Waals surface area contributed by atoms with Gasteiger partial charge < -0.3 is 11.1 Å². The zero-order valence-corrected chi connectivity index (χ0v) is 12.6. The van der Waals surface area contributed by atoms with Crippen molar-refractivity contribution in [3.63, 3.8) is 0 Å². The van der Waals surface area contributed by atoms with Crippen LogP contribution in [0.1, 0.15) is 46.0 Å². The van der Waals surface area contributed by atoms with E-state index in [-0.39, 0.29) is 5.02 Å². The van der Waals surface area contributed by atoms with E-state index in [0.29, 0.717) is 11.4 Å². The quantitative estimate of drug-likeness (QED) is 0.516. The topological polar surface area (TPSA) is 38.0 Å². The lowest BCUT2D eigenvalue weighted by Crippen LogP contribution is -2.05. The summed E-state index contributed by atoms with van der Waals surface area (Å²) in [5.74, 6) is 0.352. The fourth-order valence-corrected chi connectivity index (χ4v) is 2.14. The Morgan fingerprint density at radius 2 is 1.89 bits per heavy atom. The maximum absolute atomic E-state index is 13.3. The highest BCUT2D eigenvalue weighted by molar-refractivity contribution is 6.31. The summed E-state index contributed by atoms with van der Waals surface area (Å²) in [7, 11) is 0. The number of anilines is 2. The number of benzene rings is 1. The van der Waals surface area contributed by atoms with Crippen LogP contribution >= 0.6 is 11.6 Å². The fraction of sp³-hybridized carbons (Fsp3) is 0.600. The standard InChI is InChI=1S/C15H24ClFN2/c1-11(2)7-5-3-4-6-8-19-15-10-13(17)12(16)9-14(15)18/h9-11,19H,3-8,18H2,1-2H3. The Labute approximate surface area is 120 Å². The minimum atomic E-state index is -0.435. The lowest BCUT2D eigenvalue weighted by atomic mass is 10.0. The summed E-state index contributed by atoms with van der Waals surface area (Å²) in [6, 6.07) is 2.80. The molecule has 1 rings (SSSR count). The number of hydrogen-bond acceptors (Lipinski definition) is 2. The molecule has 0 aliphatic heterocycles. The fourth-order valence-electron chi connectivity index (χ4n) is 1.97. The van der Waals surface area contributed by atoms with Crippen molar-refractivity contribution in [3.05, 3.63) is 23.0 Å².